The van der Waals surface area contributed by atoms with Gasteiger partial charge in [-0.05, 0) is 30.9 Å². The monoisotopic (exact) mass is 254 g/mol. The van der Waals surface area contributed by atoms with Crippen LogP contribution < -0.4 is 0 Å². The molecule has 1 aromatic rings. The van der Waals surface area contributed by atoms with Crippen molar-refractivity contribution in [3.05, 3.63) is 35.4 Å². The Morgan fingerprint density at radius 2 is 2.07 bits per heavy atom. The van der Waals surface area contributed by atoms with Crippen LogP contribution in [0.25, 0.3) is 0 Å². The molecule has 0 aliphatic carbocycles. The van der Waals surface area contributed by atoms with Gasteiger partial charge in [-0.15, -0.1) is 0 Å². The molecule has 0 aromatic heterocycles. The van der Waals surface area contributed by atoms with E-state index in [1.165, 1.54) is 11.1 Å². The van der Waals surface area contributed by atoms with Crippen LogP contribution in [0.2, 0.25) is 0 Å². The molecule has 0 spiro atoms. The summed E-state index contributed by atoms with van der Waals surface area (Å²) in [5.41, 5.74) is 2.55. The minimum Gasteiger partial charge on any atom is -0.299 e. The molecule has 14 heavy (non-hydrogen) atoms. The van der Waals surface area contributed by atoms with Gasteiger partial charge in [-0.25, -0.2) is 0 Å². The number of alkyl halides is 1. The highest BCUT2D eigenvalue weighted by Crippen LogP contribution is 2.13. The van der Waals surface area contributed by atoms with Crippen LogP contribution in [0.15, 0.2) is 24.3 Å². The molecule has 1 nitrogen and oxygen atoms in total. The Balaban J connectivity index is 2.71. The van der Waals surface area contributed by atoms with Crippen molar-refractivity contribution in [2.45, 2.75) is 31.5 Å². The van der Waals surface area contributed by atoms with Gasteiger partial charge in [0.25, 0.3) is 0 Å². The number of aryl methyl sites for hydroxylation is 1. The lowest BCUT2D eigenvalue weighted by molar-refractivity contribution is -0.116. The second kappa shape index (κ2) is 5.30. The molecule has 2 heteroatoms. The van der Waals surface area contributed by atoms with E-state index in [4.69, 9.17) is 0 Å². The van der Waals surface area contributed by atoms with E-state index in [2.05, 4.69) is 41.1 Å². The lowest BCUT2D eigenvalue weighted by Crippen LogP contribution is -2.12. The van der Waals surface area contributed by atoms with Gasteiger partial charge in [0, 0.05) is 0 Å². The van der Waals surface area contributed by atoms with Crippen molar-refractivity contribution in [1.29, 1.82) is 0 Å². The fourth-order valence-corrected chi connectivity index (χ4v) is 1.70. The van der Waals surface area contributed by atoms with Gasteiger partial charge in [0.05, 0.1) is 4.83 Å². The fourth-order valence-electron chi connectivity index (χ4n) is 1.33. The van der Waals surface area contributed by atoms with Crippen LogP contribution in [0.1, 0.15) is 25.0 Å². The molecule has 0 bridgehead atoms. The maximum absolute atomic E-state index is 11.1. The van der Waals surface area contributed by atoms with Crippen LogP contribution in [0.4, 0.5) is 0 Å². The van der Waals surface area contributed by atoms with Crippen LogP contribution >= 0.6 is 15.9 Å². The largest absolute Gasteiger partial charge is 0.299 e. The van der Waals surface area contributed by atoms with E-state index >= 15 is 0 Å². The molecule has 0 radical (unpaired) electrons. The molecule has 0 fully saturated rings. The molecule has 0 amide bonds. The van der Waals surface area contributed by atoms with Crippen molar-refractivity contribution in [3.8, 4) is 0 Å². The minimum absolute atomic E-state index is 0.0467. The van der Waals surface area contributed by atoms with E-state index in [1.54, 1.807) is 6.92 Å². The number of halogens is 1. The number of hydrogen-bond donors (Lipinski definition) is 0. The summed E-state index contributed by atoms with van der Waals surface area (Å²) >= 11 is 3.38. The molecule has 1 rings (SSSR count). The summed E-state index contributed by atoms with van der Waals surface area (Å²) in [7, 11) is 0. The second-order valence-corrected chi connectivity index (χ2v) is 4.56. The second-order valence-electron chi connectivity index (χ2n) is 3.46. The van der Waals surface area contributed by atoms with Crippen molar-refractivity contribution < 1.29 is 4.79 Å². The Hall–Kier alpha value is -0.630. The maximum atomic E-state index is 11.1. The highest BCUT2D eigenvalue weighted by molar-refractivity contribution is 9.10. The topological polar surface area (TPSA) is 17.1 Å². The first-order valence-corrected chi connectivity index (χ1v) is 5.77. The van der Waals surface area contributed by atoms with Crippen molar-refractivity contribution in [1.82, 2.24) is 0 Å². The van der Waals surface area contributed by atoms with Gasteiger partial charge < -0.3 is 0 Å². The number of ketones is 1. The Morgan fingerprint density at radius 3 is 2.64 bits per heavy atom. The molecule has 1 unspecified atom stereocenters. The summed E-state index contributed by atoms with van der Waals surface area (Å²) in [6.07, 6.45) is 1.82. The number of carbonyl (C=O) groups is 1. The number of rotatable bonds is 4. The molecule has 0 saturated carbocycles. The third-order valence-corrected chi connectivity index (χ3v) is 3.22. The molecular formula is C12H15BrO. The molecule has 76 valence electrons. The Kier molecular flexibility index (Phi) is 4.33. The summed E-state index contributed by atoms with van der Waals surface area (Å²) in [5.74, 6) is 0.187. The van der Waals surface area contributed by atoms with Gasteiger partial charge in [0.15, 0.2) is 0 Å². The lowest BCUT2D eigenvalue weighted by atomic mass is 10.0. The van der Waals surface area contributed by atoms with Gasteiger partial charge in [-0.2, -0.15) is 0 Å². The molecule has 1 aromatic carbocycles. The maximum Gasteiger partial charge on any atom is 0.143 e. The van der Waals surface area contributed by atoms with E-state index in [1.807, 2.05) is 6.07 Å². The summed E-state index contributed by atoms with van der Waals surface area (Å²) in [5, 5.41) is 0. The normalized spacial score (nSPS) is 12.5. The summed E-state index contributed by atoms with van der Waals surface area (Å²) in [6.45, 7) is 3.75. The number of carbonyl (C=O) groups excluding carboxylic acids is 1. The molecule has 0 aliphatic rings. The first-order valence-electron chi connectivity index (χ1n) is 4.85. The van der Waals surface area contributed by atoms with E-state index in [-0.39, 0.29) is 10.6 Å². The van der Waals surface area contributed by atoms with Gasteiger partial charge in [0.2, 0.25) is 0 Å². The van der Waals surface area contributed by atoms with Gasteiger partial charge in [0.1, 0.15) is 5.78 Å². The summed E-state index contributed by atoms with van der Waals surface area (Å²) < 4.78 is 0. The van der Waals surface area contributed by atoms with Crippen LogP contribution in [0.5, 0.6) is 0 Å². The van der Waals surface area contributed by atoms with Gasteiger partial charge in [-0.1, -0.05) is 47.1 Å². The highest BCUT2D eigenvalue weighted by Gasteiger charge is 2.10. The van der Waals surface area contributed by atoms with E-state index < -0.39 is 0 Å². The Labute approximate surface area is 93.7 Å². The van der Waals surface area contributed by atoms with Crippen molar-refractivity contribution >= 4 is 21.7 Å². The zero-order valence-electron chi connectivity index (χ0n) is 8.59. The first kappa shape index (κ1) is 11.4. The molecule has 0 aliphatic heterocycles. The third kappa shape index (κ3) is 3.26. The van der Waals surface area contributed by atoms with Gasteiger partial charge in [-0.3, -0.25) is 4.79 Å². The average molecular weight is 255 g/mol. The SMILES string of the molecule is CCc1cccc(CC(Br)C(C)=O)c1. The standard InChI is InChI=1S/C12H15BrO/c1-3-10-5-4-6-11(7-10)8-12(13)9(2)14/h4-7,12H,3,8H2,1-2H3. The Bertz CT molecular complexity index is 320. The van der Waals surface area contributed by atoms with Crippen molar-refractivity contribution in [2.24, 2.45) is 0 Å². The smallest absolute Gasteiger partial charge is 0.143 e. The van der Waals surface area contributed by atoms with E-state index in [0.717, 1.165) is 12.8 Å². The summed E-state index contributed by atoms with van der Waals surface area (Å²) in [4.78, 5) is 11.0. The minimum atomic E-state index is -0.0467. The lowest BCUT2D eigenvalue weighted by Gasteiger charge is -2.07. The third-order valence-electron chi connectivity index (χ3n) is 2.26. The fraction of sp³-hybridized carbons (Fsp3) is 0.417. The van der Waals surface area contributed by atoms with Crippen LogP contribution in [0, 0.1) is 0 Å². The highest BCUT2D eigenvalue weighted by atomic mass is 79.9. The van der Waals surface area contributed by atoms with Crippen molar-refractivity contribution in [2.75, 3.05) is 0 Å². The zero-order valence-corrected chi connectivity index (χ0v) is 10.2. The van der Waals surface area contributed by atoms with Crippen LogP contribution in [0.3, 0.4) is 0 Å². The van der Waals surface area contributed by atoms with E-state index in [9.17, 15) is 4.79 Å². The molecule has 0 saturated heterocycles. The quantitative estimate of drug-likeness (QED) is 0.755. The molecule has 1 atom stereocenters. The van der Waals surface area contributed by atoms with Crippen molar-refractivity contribution in [3.63, 3.8) is 0 Å². The predicted molar refractivity (Wildman–Crippen MR) is 62.9 cm³/mol. The van der Waals surface area contributed by atoms with Crippen LogP contribution in [-0.4, -0.2) is 10.6 Å². The van der Waals surface area contributed by atoms with Crippen LogP contribution in [-0.2, 0) is 17.6 Å². The molecule has 0 N–H and O–H groups in total. The average Bonchev–Trinajstić information content (AvgIpc) is 2.18. The first-order chi connectivity index (χ1) is 6.63. The predicted octanol–water partition coefficient (Wildman–Crippen LogP) is 3.14. The molecular weight excluding hydrogens is 240 g/mol. The van der Waals surface area contributed by atoms with Gasteiger partial charge >= 0.3 is 0 Å². The zero-order chi connectivity index (χ0) is 10.6. The number of hydrogen-bond acceptors (Lipinski definition) is 1. The summed E-state index contributed by atoms with van der Waals surface area (Å²) in [6, 6.07) is 8.39. The number of Topliss-reactive ketones (excluding diaryl/α,β-unsaturated/α-hetero) is 1. The Morgan fingerprint density at radius 1 is 1.43 bits per heavy atom. The molecule has 0 heterocycles. The van der Waals surface area contributed by atoms with E-state index in [0.29, 0.717) is 0 Å². The number of benzene rings is 1.